The second-order valence-corrected chi connectivity index (χ2v) is 6.23. The third kappa shape index (κ3) is 3.22. The Bertz CT molecular complexity index is 1000. The van der Waals surface area contributed by atoms with Crippen LogP contribution in [0.2, 0.25) is 0 Å². The Morgan fingerprint density at radius 3 is 2.32 bits per heavy atom. The summed E-state index contributed by atoms with van der Waals surface area (Å²) in [5.41, 5.74) is 0.542. The summed E-state index contributed by atoms with van der Waals surface area (Å²) in [6, 6.07) is 10.5. The lowest BCUT2D eigenvalue weighted by Crippen LogP contribution is -2.28. The van der Waals surface area contributed by atoms with Crippen LogP contribution < -0.4 is 4.74 Å². The molecule has 0 spiro atoms. The topological polar surface area (TPSA) is 110 Å². The van der Waals surface area contributed by atoms with E-state index in [9.17, 15) is 24.6 Å². The van der Waals surface area contributed by atoms with E-state index in [2.05, 4.69) is 0 Å². The Hall–Kier alpha value is -3.61. The molecule has 7 heteroatoms. The minimum Gasteiger partial charge on any atom is -0.507 e. The lowest BCUT2D eigenvalue weighted by Gasteiger charge is -2.24. The van der Waals surface area contributed by atoms with Gasteiger partial charge in [0, 0.05) is 17.0 Å². The highest BCUT2D eigenvalue weighted by molar-refractivity contribution is 6.52. The lowest BCUT2D eigenvalue weighted by atomic mass is 9.78. The number of aromatic hydroxyl groups is 1. The maximum absolute atomic E-state index is 12.8. The molecule has 0 saturated heterocycles. The van der Waals surface area contributed by atoms with Crippen molar-refractivity contribution in [1.29, 1.82) is 0 Å². The second kappa shape index (κ2) is 7.56. The number of phenolic OH excluding ortho intramolecular Hbond substituents is 1. The van der Waals surface area contributed by atoms with E-state index < -0.39 is 23.5 Å². The smallest absolute Gasteiger partial charge is 0.306 e. The van der Waals surface area contributed by atoms with Crippen LogP contribution in [0.5, 0.6) is 11.5 Å². The molecule has 2 aromatic carbocycles. The van der Waals surface area contributed by atoms with Crippen LogP contribution in [0.15, 0.2) is 48.0 Å². The second-order valence-electron chi connectivity index (χ2n) is 6.23. The van der Waals surface area contributed by atoms with Crippen molar-refractivity contribution >= 4 is 23.3 Å². The molecule has 1 atom stereocenters. The summed E-state index contributed by atoms with van der Waals surface area (Å²) in [7, 11) is 2.56. The van der Waals surface area contributed by atoms with Crippen LogP contribution in [-0.4, -0.2) is 42.0 Å². The summed E-state index contributed by atoms with van der Waals surface area (Å²) >= 11 is 0. The predicted molar refractivity (Wildman–Crippen MR) is 99.4 cm³/mol. The van der Waals surface area contributed by atoms with Crippen LogP contribution >= 0.6 is 0 Å². The molecule has 0 saturated carbocycles. The third-order valence-corrected chi connectivity index (χ3v) is 4.69. The summed E-state index contributed by atoms with van der Waals surface area (Å²) in [6.07, 6.45) is -0.287. The molecule has 2 N–H and O–H groups in total. The number of Topliss-reactive ketones (excluding diaryl/α,β-unsaturated/α-hetero) is 2. The molecule has 0 unspecified atom stereocenters. The largest absolute Gasteiger partial charge is 0.507 e. The molecular weight excluding hydrogens is 364 g/mol. The molecule has 144 valence electrons. The van der Waals surface area contributed by atoms with Gasteiger partial charge in [0.25, 0.3) is 0 Å². The molecule has 0 aliphatic heterocycles. The first-order valence-corrected chi connectivity index (χ1v) is 8.44. The molecule has 0 aromatic heterocycles. The molecule has 1 aliphatic rings. The van der Waals surface area contributed by atoms with Crippen molar-refractivity contribution in [2.24, 2.45) is 0 Å². The number of methoxy groups -OCH3 is 2. The predicted octanol–water partition coefficient (Wildman–Crippen LogP) is 2.78. The van der Waals surface area contributed by atoms with Crippen molar-refractivity contribution in [2.45, 2.75) is 12.3 Å². The fraction of sp³-hybridized carbons (Fsp3) is 0.190. The first kappa shape index (κ1) is 19.2. The fourth-order valence-electron chi connectivity index (χ4n) is 3.26. The van der Waals surface area contributed by atoms with Crippen LogP contribution in [0.25, 0.3) is 5.76 Å². The Morgan fingerprint density at radius 1 is 1.00 bits per heavy atom. The molecular formula is C21H18O7. The van der Waals surface area contributed by atoms with E-state index in [1.165, 1.54) is 44.6 Å². The normalized spacial score (nSPS) is 14.5. The number of allylic oxidation sites excluding steroid dienone is 1. The van der Waals surface area contributed by atoms with E-state index >= 15 is 0 Å². The summed E-state index contributed by atoms with van der Waals surface area (Å²) in [5, 5.41) is 20.6. The monoisotopic (exact) mass is 382 g/mol. The van der Waals surface area contributed by atoms with Crippen LogP contribution in [-0.2, 0) is 14.3 Å². The molecule has 0 radical (unpaired) electrons. The summed E-state index contributed by atoms with van der Waals surface area (Å²) in [6.45, 7) is 0. The maximum Gasteiger partial charge on any atom is 0.306 e. The van der Waals surface area contributed by atoms with Gasteiger partial charge in [-0.1, -0.05) is 30.3 Å². The number of aliphatic hydroxyl groups excluding tert-OH is 1. The van der Waals surface area contributed by atoms with Crippen molar-refractivity contribution in [2.75, 3.05) is 14.2 Å². The van der Waals surface area contributed by atoms with Crippen molar-refractivity contribution < 1.29 is 34.1 Å². The van der Waals surface area contributed by atoms with Gasteiger partial charge in [-0.2, -0.15) is 0 Å². The van der Waals surface area contributed by atoms with Crippen molar-refractivity contribution in [1.82, 2.24) is 0 Å². The molecule has 1 aliphatic carbocycles. The summed E-state index contributed by atoms with van der Waals surface area (Å²) in [4.78, 5) is 37.4. The van der Waals surface area contributed by atoms with Gasteiger partial charge >= 0.3 is 5.97 Å². The number of fused-ring (bicyclic) bond motifs is 1. The van der Waals surface area contributed by atoms with Crippen LogP contribution in [0.1, 0.15) is 33.8 Å². The molecule has 3 rings (SSSR count). The summed E-state index contributed by atoms with van der Waals surface area (Å²) in [5.74, 6) is -3.61. The van der Waals surface area contributed by atoms with Gasteiger partial charge in [-0.15, -0.1) is 0 Å². The minimum absolute atomic E-state index is 0.105. The van der Waals surface area contributed by atoms with Crippen LogP contribution in [0, 0.1) is 0 Å². The standard InChI is InChI=1S/C21H18O7/c1-27-16-9-11(7-8-15(16)22)14(10-17(23)28-2)18-19(24)12-5-3-4-6-13(12)20(25)21(18)26/h3-9,14,22,24H,10H2,1-2H3/t14-/m0/s1. The van der Waals surface area contributed by atoms with Crippen molar-refractivity contribution in [3.8, 4) is 11.5 Å². The molecule has 0 bridgehead atoms. The van der Waals surface area contributed by atoms with Crippen molar-refractivity contribution in [3.63, 3.8) is 0 Å². The Balaban J connectivity index is 2.22. The Labute approximate surface area is 160 Å². The first-order chi connectivity index (χ1) is 13.4. The van der Waals surface area contributed by atoms with E-state index in [4.69, 9.17) is 9.47 Å². The molecule has 0 fully saturated rings. The van der Waals surface area contributed by atoms with Crippen LogP contribution in [0.3, 0.4) is 0 Å². The van der Waals surface area contributed by atoms with E-state index in [0.29, 0.717) is 5.56 Å². The number of rotatable bonds is 5. The van der Waals surface area contributed by atoms with E-state index in [1.54, 1.807) is 12.1 Å². The van der Waals surface area contributed by atoms with Gasteiger partial charge in [0.05, 0.1) is 26.2 Å². The maximum atomic E-state index is 12.8. The SMILES string of the molecule is COC(=O)C[C@H](C1=C(O)c2ccccc2C(=O)C1=O)c1ccc(O)c(OC)c1. The number of carbonyl (C=O) groups is 3. The number of benzene rings is 2. The number of hydrogen-bond donors (Lipinski definition) is 2. The minimum atomic E-state index is -0.966. The van der Waals surface area contributed by atoms with Gasteiger partial charge < -0.3 is 19.7 Å². The van der Waals surface area contributed by atoms with Gasteiger partial charge in [-0.25, -0.2) is 0 Å². The van der Waals surface area contributed by atoms with Gasteiger partial charge in [0.15, 0.2) is 11.5 Å². The molecule has 7 nitrogen and oxygen atoms in total. The Morgan fingerprint density at radius 2 is 1.68 bits per heavy atom. The average Bonchev–Trinajstić information content (AvgIpc) is 2.71. The highest BCUT2D eigenvalue weighted by Gasteiger charge is 2.38. The number of ether oxygens (including phenoxy) is 2. The molecule has 28 heavy (non-hydrogen) atoms. The first-order valence-electron chi connectivity index (χ1n) is 8.44. The zero-order chi connectivity index (χ0) is 20.4. The zero-order valence-electron chi connectivity index (χ0n) is 15.3. The van der Waals surface area contributed by atoms with E-state index in [1.807, 2.05) is 0 Å². The highest BCUT2D eigenvalue weighted by Crippen LogP contribution is 2.40. The van der Waals surface area contributed by atoms with Gasteiger partial charge in [-0.3, -0.25) is 14.4 Å². The number of esters is 1. The van der Waals surface area contributed by atoms with Gasteiger partial charge in [-0.05, 0) is 17.7 Å². The average molecular weight is 382 g/mol. The number of ketones is 2. The molecule has 0 heterocycles. The number of carbonyl (C=O) groups excluding carboxylic acids is 3. The quantitative estimate of drug-likeness (QED) is 0.604. The Kier molecular flexibility index (Phi) is 5.17. The van der Waals surface area contributed by atoms with Gasteiger partial charge in [0.2, 0.25) is 11.6 Å². The highest BCUT2D eigenvalue weighted by atomic mass is 16.5. The fourth-order valence-corrected chi connectivity index (χ4v) is 3.26. The van der Waals surface area contributed by atoms with E-state index in [-0.39, 0.29) is 40.4 Å². The van der Waals surface area contributed by atoms with Gasteiger partial charge in [0.1, 0.15) is 5.76 Å². The lowest BCUT2D eigenvalue weighted by molar-refractivity contribution is -0.140. The van der Waals surface area contributed by atoms with E-state index in [0.717, 1.165) is 0 Å². The molecule has 2 aromatic rings. The molecule has 0 amide bonds. The number of phenols is 1. The zero-order valence-corrected chi connectivity index (χ0v) is 15.3. The van der Waals surface area contributed by atoms with Crippen molar-refractivity contribution in [3.05, 3.63) is 64.7 Å². The third-order valence-electron chi connectivity index (χ3n) is 4.69. The number of aliphatic hydroxyl groups is 1. The number of hydrogen-bond acceptors (Lipinski definition) is 7. The summed E-state index contributed by atoms with van der Waals surface area (Å²) < 4.78 is 9.81. The van der Waals surface area contributed by atoms with Crippen LogP contribution in [0.4, 0.5) is 0 Å².